The Balaban J connectivity index is 2.83. The number of benzene rings is 1. The van der Waals surface area contributed by atoms with E-state index in [4.69, 9.17) is 0 Å². The summed E-state index contributed by atoms with van der Waals surface area (Å²) in [7, 11) is 0. The van der Waals surface area contributed by atoms with Crippen LogP contribution in [0.2, 0.25) is 0 Å². The predicted molar refractivity (Wildman–Crippen MR) is 70.8 cm³/mol. The van der Waals surface area contributed by atoms with Crippen LogP contribution in [0, 0.1) is 0 Å². The summed E-state index contributed by atoms with van der Waals surface area (Å²) in [6.45, 7) is 5.42. The van der Waals surface area contributed by atoms with Crippen LogP contribution >= 0.6 is 15.9 Å². The summed E-state index contributed by atoms with van der Waals surface area (Å²) in [5, 5.41) is 0.810. The summed E-state index contributed by atoms with van der Waals surface area (Å²) in [6, 6.07) is 5.83. The van der Waals surface area contributed by atoms with E-state index < -0.39 is 11.7 Å². The molecule has 0 unspecified atom stereocenters. The number of rotatable bonds is 5. The smallest absolute Gasteiger partial charge is 0.296 e. The SMILES string of the molecule is CC(C)N(CCBr)Cc1cccc(C(F)(F)F)c1. The highest BCUT2D eigenvalue weighted by molar-refractivity contribution is 9.09. The van der Waals surface area contributed by atoms with Crippen LogP contribution in [0.25, 0.3) is 0 Å². The van der Waals surface area contributed by atoms with Gasteiger partial charge in [0.1, 0.15) is 0 Å². The molecule has 0 radical (unpaired) electrons. The Bertz CT molecular complexity index is 377. The van der Waals surface area contributed by atoms with Crippen LogP contribution < -0.4 is 0 Å². The highest BCUT2D eigenvalue weighted by Crippen LogP contribution is 2.29. The van der Waals surface area contributed by atoms with Crippen molar-refractivity contribution in [2.24, 2.45) is 0 Å². The fourth-order valence-electron chi connectivity index (χ4n) is 1.71. The molecule has 0 N–H and O–H groups in total. The minimum Gasteiger partial charge on any atom is -0.296 e. The molecular formula is C13H17BrF3N. The van der Waals surface area contributed by atoms with Crippen LogP contribution in [0.3, 0.4) is 0 Å². The Kier molecular flexibility index (Phi) is 5.66. The molecule has 1 rings (SSSR count). The lowest BCUT2D eigenvalue weighted by Crippen LogP contribution is -2.32. The van der Waals surface area contributed by atoms with Crippen LogP contribution in [-0.4, -0.2) is 22.8 Å². The third kappa shape index (κ3) is 4.61. The summed E-state index contributed by atoms with van der Waals surface area (Å²) in [4.78, 5) is 2.13. The number of alkyl halides is 4. The second-order valence-electron chi connectivity index (χ2n) is 4.45. The topological polar surface area (TPSA) is 3.24 Å². The second-order valence-corrected chi connectivity index (χ2v) is 5.24. The fraction of sp³-hybridized carbons (Fsp3) is 0.538. The van der Waals surface area contributed by atoms with Gasteiger partial charge in [-0.3, -0.25) is 4.90 Å². The van der Waals surface area contributed by atoms with Crippen molar-refractivity contribution >= 4 is 15.9 Å². The minimum absolute atomic E-state index is 0.303. The molecule has 0 bridgehead atoms. The molecule has 0 saturated heterocycles. The van der Waals surface area contributed by atoms with E-state index >= 15 is 0 Å². The largest absolute Gasteiger partial charge is 0.416 e. The molecule has 18 heavy (non-hydrogen) atoms. The van der Waals surface area contributed by atoms with Gasteiger partial charge in [-0.2, -0.15) is 13.2 Å². The summed E-state index contributed by atoms with van der Waals surface area (Å²) >= 11 is 3.36. The van der Waals surface area contributed by atoms with Crippen molar-refractivity contribution < 1.29 is 13.2 Å². The molecule has 0 heterocycles. The summed E-state index contributed by atoms with van der Waals surface area (Å²) < 4.78 is 37.8. The monoisotopic (exact) mass is 323 g/mol. The van der Waals surface area contributed by atoms with Crippen molar-refractivity contribution in [3.8, 4) is 0 Å². The summed E-state index contributed by atoms with van der Waals surface area (Å²) in [5.74, 6) is 0. The van der Waals surface area contributed by atoms with Gasteiger partial charge in [0.05, 0.1) is 5.56 Å². The summed E-state index contributed by atoms with van der Waals surface area (Å²) in [6.07, 6.45) is -4.27. The molecule has 0 amide bonds. The number of hydrogen-bond acceptors (Lipinski definition) is 1. The van der Waals surface area contributed by atoms with Crippen LogP contribution in [0.15, 0.2) is 24.3 Å². The Hall–Kier alpha value is -0.550. The highest BCUT2D eigenvalue weighted by atomic mass is 79.9. The maximum Gasteiger partial charge on any atom is 0.416 e. The quantitative estimate of drug-likeness (QED) is 0.730. The van der Waals surface area contributed by atoms with Gasteiger partial charge < -0.3 is 0 Å². The van der Waals surface area contributed by atoms with Crippen molar-refractivity contribution in [2.75, 3.05) is 11.9 Å². The van der Waals surface area contributed by atoms with E-state index in [9.17, 15) is 13.2 Å². The molecular weight excluding hydrogens is 307 g/mol. The van der Waals surface area contributed by atoms with Crippen LogP contribution in [0.5, 0.6) is 0 Å². The van der Waals surface area contributed by atoms with Gasteiger partial charge in [-0.1, -0.05) is 34.1 Å². The Labute approximate surface area is 114 Å². The predicted octanol–water partition coefficient (Wildman–Crippen LogP) is 4.31. The van der Waals surface area contributed by atoms with E-state index in [1.54, 1.807) is 6.07 Å². The molecule has 0 aliphatic carbocycles. The van der Waals surface area contributed by atoms with Crippen molar-refractivity contribution in [1.29, 1.82) is 0 Å². The zero-order chi connectivity index (χ0) is 13.8. The molecule has 0 aliphatic rings. The van der Waals surface area contributed by atoms with E-state index in [0.717, 1.165) is 17.9 Å². The van der Waals surface area contributed by atoms with E-state index in [1.807, 2.05) is 13.8 Å². The van der Waals surface area contributed by atoms with Gasteiger partial charge in [-0.25, -0.2) is 0 Å². The third-order valence-electron chi connectivity index (χ3n) is 2.74. The molecule has 0 aliphatic heterocycles. The van der Waals surface area contributed by atoms with Gasteiger partial charge in [0.15, 0.2) is 0 Å². The molecule has 0 spiro atoms. The van der Waals surface area contributed by atoms with Gasteiger partial charge >= 0.3 is 6.18 Å². The first kappa shape index (κ1) is 15.5. The lowest BCUT2D eigenvalue weighted by molar-refractivity contribution is -0.137. The van der Waals surface area contributed by atoms with Crippen molar-refractivity contribution in [1.82, 2.24) is 4.90 Å². The molecule has 1 aromatic rings. The zero-order valence-corrected chi connectivity index (χ0v) is 12.1. The zero-order valence-electron chi connectivity index (χ0n) is 10.5. The average Bonchev–Trinajstić information content (AvgIpc) is 2.27. The normalized spacial score (nSPS) is 12.4. The third-order valence-corrected chi connectivity index (χ3v) is 3.10. The highest BCUT2D eigenvalue weighted by Gasteiger charge is 2.30. The lowest BCUT2D eigenvalue weighted by Gasteiger charge is -2.25. The molecule has 1 aromatic carbocycles. The van der Waals surface area contributed by atoms with Crippen molar-refractivity contribution in [3.05, 3.63) is 35.4 Å². The first-order chi connectivity index (χ1) is 8.34. The van der Waals surface area contributed by atoms with Gasteiger partial charge in [-0.05, 0) is 25.5 Å². The lowest BCUT2D eigenvalue weighted by atomic mass is 10.1. The maximum absolute atomic E-state index is 12.6. The number of hydrogen-bond donors (Lipinski definition) is 0. The van der Waals surface area contributed by atoms with Crippen molar-refractivity contribution in [2.45, 2.75) is 32.6 Å². The first-order valence-electron chi connectivity index (χ1n) is 5.80. The fourth-order valence-corrected chi connectivity index (χ4v) is 2.16. The van der Waals surface area contributed by atoms with Crippen LogP contribution in [-0.2, 0) is 12.7 Å². The minimum atomic E-state index is -4.27. The molecule has 1 nitrogen and oxygen atoms in total. The molecule has 0 aromatic heterocycles. The molecule has 102 valence electrons. The molecule has 0 saturated carbocycles. The van der Waals surface area contributed by atoms with Gasteiger partial charge in [0, 0.05) is 24.5 Å². The molecule has 5 heteroatoms. The van der Waals surface area contributed by atoms with E-state index in [-0.39, 0.29) is 0 Å². The standard InChI is InChI=1S/C13H17BrF3N/c1-10(2)18(7-6-14)9-11-4-3-5-12(8-11)13(15,16)17/h3-5,8,10H,6-7,9H2,1-2H3. The Morgan fingerprint density at radius 2 is 1.94 bits per heavy atom. The molecule has 0 fully saturated rings. The number of halogens is 4. The van der Waals surface area contributed by atoms with Gasteiger partial charge in [0.25, 0.3) is 0 Å². The van der Waals surface area contributed by atoms with E-state index in [0.29, 0.717) is 18.2 Å². The second kappa shape index (κ2) is 6.57. The first-order valence-corrected chi connectivity index (χ1v) is 6.93. The number of nitrogens with zero attached hydrogens (tertiary/aromatic N) is 1. The maximum atomic E-state index is 12.6. The van der Waals surface area contributed by atoms with Crippen molar-refractivity contribution in [3.63, 3.8) is 0 Å². The van der Waals surface area contributed by atoms with Crippen LogP contribution in [0.1, 0.15) is 25.0 Å². The van der Waals surface area contributed by atoms with E-state index in [1.165, 1.54) is 12.1 Å². The Morgan fingerprint density at radius 1 is 1.28 bits per heavy atom. The van der Waals surface area contributed by atoms with E-state index in [2.05, 4.69) is 20.8 Å². The summed E-state index contributed by atoms with van der Waals surface area (Å²) in [5.41, 5.74) is 0.113. The average molecular weight is 324 g/mol. The van der Waals surface area contributed by atoms with Gasteiger partial charge in [-0.15, -0.1) is 0 Å². The van der Waals surface area contributed by atoms with Crippen LogP contribution in [0.4, 0.5) is 13.2 Å². The Morgan fingerprint density at radius 3 is 2.44 bits per heavy atom. The van der Waals surface area contributed by atoms with Gasteiger partial charge in [0.2, 0.25) is 0 Å². The molecule has 0 atom stereocenters.